The molecule has 0 saturated carbocycles. The van der Waals surface area contributed by atoms with Crippen LogP contribution in [0.1, 0.15) is 36.2 Å². The van der Waals surface area contributed by atoms with Crippen LogP contribution in [0.2, 0.25) is 5.02 Å². The summed E-state index contributed by atoms with van der Waals surface area (Å²) in [5.74, 6) is 1.74. The standard InChI is InChI=1S/C20H25ClN6S/c1-3-19-26-24-14-27(19)11-10-22-20(25-15(2)18-9-6-12-28-18)23-13-16-7-4-5-8-17(16)21/h4-9,12,14-15H,3,10-11,13H2,1-2H3,(H2,22,23,25). The fraction of sp³-hybridized carbons (Fsp3) is 0.350. The Hall–Kier alpha value is -2.38. The lowest BCUT2D eigenvalue weighted by molar-refractivity contribution is 0.621. The van der Waals surface area contributed by atoms with Crippen LogP contribution in [0.3, 0.4) is 0 Å². The second-order valence-corrected chi connectivity index (χ2v) is 7.75. The number of aromatic nitrogens is 3. The minimum Gasteiger partial charge on any atom is -0.355 e. The van der Waals surface area contributed by atoms with Gasteiger partial charge in [0.15, 0.2) is 5.96 Å². The first-order valence-corrected chi connectivity index (χ1v) is 10.6. The number of aryl methyl sites for hydroxylation is 1. The highest BCUT2D eigenvalue weighted by Crippen LogP contribution is 2.18. The first-order valence-electron chi connectivity index (χ1n) is 9.35. The van der Waals surface area contributed by atoms with Gasteiger partial charge in [-0.1, -0.05) is 42.8 Å². The maximum Gasteiger partial charge on any atom is 0.192 e. The summed E-state index contributed by atoms with van der Waals surface area (Å²) in [7, 11) is 0. The topological polar surface area (TPSA) is 67.1 Å². The summed E-state index contributed by atoms with van der Waals surface area (Å²) >= 11 is 8.00. The van der Waals surface area contributed by atoms with Crippen LogP contribution in [0.15, 0.2) is 53.1 Å². The predicted octanol–water partition coefficient (Wildman–Crippen LogP) is 4.05. The number of benzene rings is 1. The van der Waals surface area contributed by atoms with E-state index in [9.17, 15) is 0 Å². The van der Waals surface area contributed by atoms with Crippen LogP contribution < -0.4 is 10.6 Å². The molecule has 8 heteroatoms. The molecule has 2 N–H and O–H groups in total. The maximum absolute atomic E-state index is 6.27. The Labute approximate surface area is 174 Å². The molecule has 0 aliphatic carbocycles. The molecule has 0 saturated heterocycles. The van der Waals surface area contributed by atoms with Gasteiger partial charge < -0.3 is 15.2 Å². The van der Waals surface area contributed by atoms with Gasteiger partial charge in [0.2, 0.25) is 0 Å². The number of halogens is 1. The van der Waals surface area contributed by atoms with Crippen molar-refractivity contribution in [2.45, 2.75) is 39.4 Å². The number of nitrogens with one attached hydrogen (secondary N) is 2. The van der Waals surface area contributed by atoms with Crippen molar-refractivity contribution in [2.24, 2.45) is 4.99 Å². The predicted molar refractivity (Wildman–Crippen MR) is 116 cm³/mol. The van der Waals surface area contributed by atoms with Crippen LogP contribution >= 0.6 is 22.9 Å². The highest BCUT2D eigenvalue weighted by Gasteiger charge is 2.10. The van der Waals surface area contributed by atoms with E-state index in [1.165, 1.54) is 4.88 Å². The Kier molecular flexibility index (Phi) is 7.45. The number of hydrogen-bond donors (Lipinski definition) is 2. The maximum atomic E-state index is 6.27. The van der Waals surface area contributed by atoms with E-state index >= 15 is 0 Å². The van der Waals surface area contributed by atoms with E-state index < -0.39 is 0 Å². The molecule has 28 heavy (non-hydrogen) atoms. The summed E-state index contributed by atoms with van der Waals surface area (Å²) in [6.45, 7) is 6.22. The van der Waals surface area contributed by atoms with E-state index in [2.05, 4.69) is 56.8 Å². The lowest BCUT2D eigenvalue weighted by Gasteiger charge is -2.18. The smallest absolute Gasteiger partial charge is 0.192 e. The van der Waals surface area contributed by atoms with Crippen LogP contribution in [0.5, 0.6) is 0 Å². The van der Waals surface area contributed by atoms with Crippen LogP contribution in [0, 0.1) is 0 Å². The fourth-order valence-electron chi connectivity index (χ4n) is 2.79. The van der Waals surface area contributed by atoms with E-state index in [0.717, 1.165) is 41.9 Å². The highest BCUT2D eigenvalue weighted by molar-refractivity contribution is 7.10. The monoisotopic (exact) mass is 416 g/mol. The molecule has 0 spiro atoms. The average molecular weight is 417 g/mol. The molecule has 0 fully saturated rings. The van der Waals surface area contributed by atoms with Crippen molar-refractivity contribution < 1.29 is 0 Å². The van der Waals surface area contributed by atoms with Crippen molar-refractivity contribution in [3.8, 4) is 0 Å². The minimum atomic E-state index is 0.165. The zero-order chi connectivity index (χ0) is 19.8. The van der Waals surface area contributed by atoms with Crippen LogP contribution in [-0.4, -0.2) is 27.3 Å². The summed E-state index contributed by atoms with van der Waals surface area (Å²) < 4.78 is 2.06. The molecular weight excluding hydrogens is 392 g/mol. The summed E-state index contributed by atoms with van der Waals surface area (Å²) in [6, 6.07) is 12.1. The van der Waals surface area contributed by atoms with E-state index in [4.69, 9.17) is 16.6 Å². The summed E-state index contributed by atoms with van der Waals surface area (Å²) in [6.07, 6.45) is 2.63. The van der Waals surface area contributed by atoms with Gasteiger partial charge in [-0.3, -0.25) is 0 Å². The van der Waals surface area contributed by atoms with Crippen molar-refractivity contribution >= 4 is 28.9 Å². The number of hydrogen-bond acceptors (Lipinski definition) is 4. The van der Waals surface area contributed by atoms with Gasteiger partial charge in [-0.05, 0) is 30.0 Å². The zero-order valence-electron chi connectivity index (χ0n) is 16.1. The molecule has 1 atom stereocenters. The Morgan fingerprint density at radius 1 is 1.29 bits per heavy atom. The molecule has 0 amide bonds. The van der Waals surface area contributed by atoms with Crippen molar-refractivity contribution in [2.75, 3.05) is 6.54 Å². The van der Waals surface area contributed by atoms with Gasteiger partial charge >= 0.3 is 0 Å². The largest absolute Gasteiger partial charge is 0.355 e. The fourth-order valence-corrected chi connectivity index (χ4v) is 3.72. The van der Waals surface area contributed by atoms with Gasteiger partial charge in [-0.15, -0.1) is 21.5 Å². The first-order chi connectivity index (χ1) is 13.7. The summed E-state index contributed by atoms with van der Waals surface area (Å²) in [5, 5.41) is 17.8. The molecule has 3 rings (SSSR count). The summed E-state index contributed by atoms with van der Waals surface area (Å²) in [5.41, 5.74) is 1.00. The van der Waals surface area contributed by atoms with E-state index in [1.54, 1.807) is 17.7 Å². The third kappa shape index (κ3) is 5.56. The van der Waals surface area contributed by atoms with Crippen molar-refractivity contribution in [3.63, 3.8) is 0 Å². The Morgan fingerprint density at radius 2 is 2.14 bits per heavy atom. The van der Waals surface area contributed by atoms with Gasteiger partial charge in [0.25, 0.3) is 0 Å². The molecule has 0 aliphatic heterocycles. The second kappa shape index (κ2) is 10.2. The summed E-state index contributed by atoms with van der Waals surface area (Å²) in [4.78, 5) is 6.00. The van der Waals surface area contributed by atoms with Crippen LogP contribution in [-0.2, 0) is 19.5 Å². The van der Waals surface area contributed by atoms with Crippen LogP contribution in [0.4, 0.5) is 0 Å². The molecule has 148 valence electrons. The number of aliphatic imine (C=N–C) groups is 1. The molecule has 0 radical (unpaired) electrons. The van der Waals surface area contributed by atoms with Gasteiger partial charge in [-0.2, -0.15) is 0 Å². The quantitative estimate of drug-likeness (QED) is 0.429. The zero-order valence-corrected chi connectivity index (χ0v) is 17.7. The number of rotatable bonds is 8. The first kappa shape index (κ1) is 20.4. The highest BCUT2D eigenvalue weighted by atomic mass is 35.5. The molecule has 3 aromatic rings. The Balaban J connectivity index is 1.66. The molecule has 2 heterocycles. The molecule has 6 nitrogen and oxygen atoms in total. The van der Waals surface area contributed by atoms with Crippen molar-refractivity contribution in [1.29, 1.82) is 0 Å². The number of guanidine groups is 1. The van der Waals surface area contributed by atoms with E-state index in [1.807, 2.05) is 24.3 Å². The molecular formula is C20H25ClN6S. The molecule has 0 bridgehead atoms. The number of nitrogens with zero attached hydrogens (tertiary/aromatic N) is 4. The second-order valence-electron chi connectivity index (χ2n) is 6.36. The minimum absolute atomic E-state index is 0.165. The van der Waals surface area contributed by atoms with Crippen LogP contribution in [0.25, 0.3) is 0 Å². The van der Waals surface area contributed by atoms with E-state index in [-0.39, 0.29) is 6.04 Å². The average Bonchev–Trinajstić information content (AvgIpc) is 3.38. The Bertz CT molecular complexity index is 890. The Morgan fingerprint density at radius 3 is 2.89 bits per heavy atom. The van der Waals surface area contributed by atoms with Gasteiger partial charge in [-0.25, -0.2) is 4.99 Å². The number of thiophene rings is 1. The van der Waals surface area contributed by atoms with E-state index in [0.29, 0.717) is 6.54 Å². The molecule has 0 aliphatic rings. The van der Waals surface area contributed by atoms with Gasteiger partial charge in [0.1, 0.15) is 12.2 Å². The van der Waals surface area contributed by atoms with Gasteiger partial charge in [0, 0.05) is 29.4 Å². The molecule has 2 aromatic heterocycles. The SMILES string of the molecule is CCc1nncn1CCNC(=NCc1ccccc1Cl)NC(C)c1cccs1. The van der Waals surface area contributed by atoms with Gasteiger partial charge in [0.05, 0.1) is 12.6 Å². The third-order valence-electron chi connectivity index (χ3n) is 4.35. The third-order valence-corrected chi connectivity index (χ3v) is 5.77. The van der Waals surface area contributed by atoms with Crippen molar-refractivity contribution in [3.05, 3.63) is 69.4 Å². The lowest BCUT2D eigenvalue weighted by atomic mass is 10.2. The molecule has 1 unspecified atom stereocenters. The lowest BCUT2D eigenvalue weighted by Crippen LogP contribution is -2.40. The van der Waals surface area contributed by atoms with Crippen molar-refractivity contribution in [1.82, 2.24) is 25.4 Å². The molecule has 1 aromatic carbocycles. The normalized spacial score (nSPS) is 12.8.